The molecule has 1 aliphatic carbocycles. The maximum Gasteiger partial charge on any atom is 0.351 e. The lowest BCUT2D eigenvalue weighted by molar-refractivity contribution is -0.0990. The van der Waals surface area contributed by atoms with Gasteiger partial charge in [0.1, 0.15) is 12.8 Å². The molecule has 0 bridgehead atoms. The van der Waals surface area contributed by atoms with E-state index in [4.69, 9.17) is 10.5 Å². The van der Waals surface area contributed by atoms with Crippen molar-refractivity contribution in [1.29, 1.82) is 0 Å². The summed E-state index contributed by atoms with van der Waals surface area (Å²) in [5, 5.41) is 19.3. The van der Waals surface area contributed by atoms with Gasteiger partial charge in [-0.3, -0.25) is 4.57 Å². The van der Waals surface area contributed by atoms with Crippen LogP contribution in [0.3, 0.4) is 0 Å². The van der Waals surface area contributed by atoms with Crippen LogP contribution in [0.4, 0.5) is 19.0 Å². The zero-order valence-electron chi connectivity index (χ0n) is 9.83. The summed E-state index contributed by atoms with van der Waals surface area (Å²) in [6.07, 6.45) is -5.33. The molecular formula is C10H10F3N3O4. The van der Waals surface area contributed by atoms with Crippen molar-refractivity contribution in [2.24, 2.45) is 0 Å². The van der Waals surface area contributed by atoms with Gasteiger partial charge < -0.3 is 20.7 Å². The minimum atomic E-state index is -2.47. The summed E-state index contributed by atoms with van der Waals surface area (Å²) >= 11 is 0. The highest BCUT2D eigenvalue weighted by atomic mass is 19.1. The summed E-state index contributed by atoms with van der Waals surface area (Å²) in [6.45, 7) is -1.36. The van der Waals surface area contributed by atoms with Gasteiger partial charge in [-0.25, -0.2) is 18.0 Å². The van der Waals surface area contributed by atoms with Crippen LogP contribution in [-0.4, -0.2) is 49.9 Å². The minimum Gasteiger partial charge on any atom is -0.387 e. The molecule has 1 saturated heterocycles. The molecule has 110 valence electrons. The number of halogens is 3. The van der Waals surface area contributed by atoms with Gasteiger partial charge in [-0.05, 0) is 0 Å². The zero-order chi connectivity index (χ0) is 14.9. The van der Waals surface area contributed by atoms with Gasteiger partial charge in [-0.15, -0.1) is 0 Å². The van der Waals surface area contributed by atoms with Gasteiger partial charge in [0.05, 0.1) is 6.20 Å². The van der Waals surface area contributed by atoms with Crippen molar-refractivity contribution >= 4 is 5.82 Å². The number of hydrogen-bond acceptors (Lipinski definition) is 6. The van der Waals surface area contributed by atoms with Crippen LogP contribution in [0.2, 0.25) is 0 Å². The number of ether oxygens (including phenoxy) is 1. The highest BCUT2D eigenvalue weighted by molar-refractivity contribution is 5.36. The Morgan fingerprint density at radius 2 is 2.25 bits per heavy atom. The number of nitrogen functional groups attached to an aromatic ring is 1. The van der Waals surface area contributed by atoms with Gasteiger partial charge in [0, 0.05) is 0 Å². The molecule has 4 N–H and O–H groups in total. The Hall–Kier alpha value is -1.65. The van der Waals surface area contributed by atoms with Crippen molar-refractivity contribution in [3.8, 4) is 0 Å². The number of hydrogen-bond donors (Lipinski definition) is 3. The Balaban J connectivity index is 2.03. The fraction of sp³-hybridized carbons (Fsp3) is 0.600. The normalized spacial score (nSPS) is 42.5. The average Bonchev–Trinajstić information content (AvgIpc) is 2.76. The molecule has 2 aliphatic rings. The fourth-order valence-electron chi connectivity index (χ4n) is 2.58. The summed E-state index contributed by atoms with van der Waals surface area (Å²) in [4.78, 5) is 14.7. The van der Waals surface area contributed by atoms with Crippen molar-refractivity contribution in [2.45, 2.75) is 29.7 Å². The maximum atomic E-state index is 14.1. The number of nitrogens with zero attached hydrogens (tertiary/aromatic N) is 2. The summed E-state index contributed by atoms with van der Waals surface area (Å²) in [5.74, 6) is -1.77. The molecular weight excluding hydrogens is 283 g/mol. The van der Waals surface area contributed by atoms with Crippen LogP contribution in [0, 0.1) is 5.82 Å². The quantitative estimate of drug-likeness (QED) is 0.621. The summed E-state index contributed by atoms with van der Waals surface area (Å²) in [6, 6.07) is 0. The monoisotopic (exact) mass is 293 g/mol. The number of anilines is 1. The van der Waals surface area contributed by atoms with E-state index in [0.717, 1.165) is 0 Å². The SMILES string of the molecule is Nc1nc(=O)n([C@@H]2O[C@]3(CF)C(O)[C@@]3(O)[C@H]2F)cc1F. The molecule has 0 spiro atoms. The predicted octanol–water partition coefficient (Wildman–Crippen LogP) is -1.35. The fourth-order valence-corrected chi connectivity index (χ4v) is 2.58. The lowest BCUT2D eigenvalue weighted by atomic mass is 10.1. The Labute approximate surface area is 109 Å². The molecule has 1 unspecified atom stereocenters. The first-order chi connectivity index (χ1) is 9.29. The molecule has 5 atom stereocenters. The molecule has 1 aromatic rings. The second-order valence-corrected chi connectivity index (χ2v) is 4.83. The van der Waals surface area contributed by atoms with E-state index in [9.17, 15) is 28.2 Å². The van der Waals surface area contributed by atoms with Gasteiger partial charge >= 0.3 is 5.69 Å². The molecule has 3 rings (SSSR count). The third-order valence-corrected chi connectivity index (χ3v) is 3.86. The van der Waals surface area contributed by atoms with Crippen LogP contribution in [0.25, 0.3) is 0 Å². The number of fused-ring (bicyclic) bond motifs is 1. The molecule has 0 amide bonds. The van der Waals surface area contributed by atoms with Crippen LogP contribution in [0.5, 0.6) is 0 Å². The van der Waals surface area contributed by atoms with Crippen LogP contribution in [0.1, 0.15) is 6.23 Å². The van der Waals surface area contributed by atoms with Crippen LogP contribution in [0.15, 0.2) is 11.0 Å². The molecule has 1 aromatic heterocycles. The molecule has 2 fully saturated rings. The number of aliphatic hydroxyl groups excluding tert-OH is 1. The van der Waals surface area contributed by atoms with Gasteiger partial charge in [-0.1, -0.05) is 0 Å². The summed E-state index contributed by atoms with van der Waals surface area (Å²) in [5.41, 5.74) is -0.658. The second-order valence-electron chi connectivity index (χ2n) is 4.83. The van der Waals surface area contributed by atoms with Crippen molar-refractivity contribution < 1.29 is 28.1 Å². The highest BCUT2D eigenvalue weighted by Crippen LogP contribution is 2.63. The standard InChI is InChI=1S/C10H10F3N3O4/c11-2-9-7(17)10(9,19)4(13)6(20-9)16-1-3(12)5(14)15-8(16)18/h1,4,6-7,17,19H,2H2,(H2,14,15,18)/t4-,6+,7?,9+,10-/m0/s1. The van der Waals surface area contributed by atoms with E-state index in [1.165, 1.54) is 0 Å². The number of aliphatic hydroxyl groups is 2. The Morgan fingerprint density at radius 1 is 1.60 bits per heavy atom. The Bertz CT molecular complexity index is 637. The largest absolute Gasteiger partial charge is 0.387 e. The number of nitrogens with two attached hydrogens (primary N) is 1. The molecule has 2 heterocycles. The average molecular weight is 293 g/mol. The molecule has 0 aromatic carbocycles. The third kappa shape index (κ3) is 1.26. The summed E-state index contributed by atoms with van der Waals surface area (Å²) < 4.78 is 45.7. The van der Waals surface area contributed by atoms with E-state index in [1.807, 2.05) is 0 Å². The van der Waals surface area contributed by atoms with Crippen molar-refractivity contribution in [1.82, 2.24) is 9.55 Å². The predicted molar refractivity (Wildman–Crippen MR) is 57.5 cm³/mol. The lowest BCUT2D eigenvalue weighted by Gasteiger charge is -2.21. The van der Waals surface area contributed by atoms with E-state index < -0.39 is 53.7 Å². The maximum absolute atomic E-state index is 14.1. The van der Waals surface area contributed by atoms with E-state index in [1.54, 1.807) is 0 Å². The molecule has 1 saturated carbocycles. The van der Waals surface area contributed by atoms with Gasteiger partial charge in [0.15, 0.2) is 35.2 Å². The van der Waals surface area contributed by atoms with Crippen molar-refractivity contribution in [3.63, 3.8) is 0 Å². The smallest absolute Gasteiger partial charge is 0.351 e. The first kappa shape index (κ1) is 13.3. The first-order valence-electron chi connectivity index (χ1n) is 5.62. The minimum absolute atomic E-state index is 0.421. The van der Waals surface area contributed by atoms with Gasteiger partial charge in [0.2, 0.25) is 0 Å². The van der Waals surface area contributed by atoms with Gasteiger partial charge in [-0.2, -0.15) is 4.98 Å². The van der Waals surface area contributed by atoms with Gasteiger partial charge in [0.25, 0.3) is 0 Å². The molecule has 20 heavy (non-hydrogen) atoms. The summed E-state index contributed by atoms with van der Waals surface area (Å²) in [7, 11) is 0. The van der Waals surface area contributed by atoms with E-state index in [0.29, 0.717) is 10.8 Å². The number of rotatable bonds is 2. The molecule has 7 nitrogen and oxygen atoms in total. The van der Waals surface area contributed by atoms with Crippen LogP contribution >= 0.6 is 0 Å². The van der Waals surface area contributed by atoms with E-state index >= 15 is 0 Å². The molecule has 10 heteroatoms. The molecule has 0 radical (unpaired) electrons. The van der Waals surface area contributed by atoms with E-state index in [2.05, 4.69) is 4.98 Å². The first-order valence-corrected chi connectivity index (χ1v) is 5.62. The Kier molecular flexibility index (Phi) is 2.48. The van der Waals surface area contributed by atoms with Crippen molar-refractivity contribution in [3.05, 3.63) is 22.5 Å². The van der Waals surface area contributed by atoms with Crippen molar-refractivity contribution in [2.75, 3.05) is 12.4 Å². The second kappa shape index (κ2) is 3.71. The number of alkyl halides is 2. The third-order valence-electron chi connectivity index (χ3n) is 3.86. The lowest BCUT2D eigenvalue weighted by Crippen LogP contribution is -2.38. The Morgan fingerprint density at radius 3 is 2.80 bits per heavy atom. The highest BCUT2D eigenvalue weighted by Gasteiger charge is 2.88. The zero-order valence-corrected chi connectivity index (χ0v) is 9.83. The topological polar surface area (TPSA) is 111 Å². The van der Waals surface area contributed by atoms with E-state index in [-0.39, 0.29) is 0 Å². The van der Waals surface area contributed by atoms with Crippen LogP contribution in [-0.2, 0) is 4.74 Å². The molecule has 1 aliphatic heterocycles. The number of aromatic nitrogens is 2. The van der Waals surface area contributed by atoms with Crippen LogP contribution < -0.4 is 11.4 Å².